The summed E-state index contributed by atoms with van der Waals surface area (Å²) in [7, 11) is 0. The van der Waals surface area contributed by atoms with Crippen molar-refractivity contribution in [3.05, 3.63) is 41.2 Å². The fraction of sp³-hybridized carbons (Fsp3) is 0.100. The summed E-state index contributed by atoms with van der Waals surface area (Å²) in [5, 5.41) is 17.1. The third-order valence-corrected chi connectivity index (χ3v) is 1.56. The van der Waals surface area contributed by atoms with E-state index in [4.69, 9.17) is 10.4 Å². The van der Waals surface area contributed by atoms with E-state index in [2.05, 4.69) is 0 Å². The first-order valence-electron chi connectivity index (χ1n) is 3.75. The highest BCUT2D eigenvalue weighted by molar-refractivity contribution is 5.58. The predicted molar refractivity (Wildman–Crippen MR) is 47.2 cm³/mol. The predicted octanol–water partition coefficient (Wildman–Crippen LogP) is 1.70. The van der Waals surface area contributed by atoms with Gasteiger partial charge in [0.1, 0.15) is 11.9 Å². The number of aliphatic hydroxyl groups is 1. The van der Waals surface area contributed by atoms with Crippen molar-refractivity contribution in [2.45, 2.75) is 0 Å². The average Bonchev–Trinajstić information content (AvgIpc) is 2.15. The van der Waals surface area contributed by atoms with E-state index in [-0.39, 0.29) is 12.2 Å². The van der Waals surface area contributed by atoms with Gasteiger partial charge in [-0.1, -0.05) is 24.3 Å². The zero-order chi connectivity index (χ0) is 9.68. The van der Waals surface area contributed by atoms with Crippen LogP contribution in [0.3, 0.4) is 0 Å². The van der Waals surface area contributed by atoms with E-state index in [1.54, 1.807) is 12.1 Å². The fourth-order valence-electron chi connectivity index (χ4n) is 0.977. The number of nitrogens with zero attached hydrogens (tertiary/aromatic N) is 1. The Morgan fingerprint density at radius 1 is 1.54 bits per heavy atom. The van der Waals surface area contributed by atoms with Crippen molar-refractivity contribution < 1.29 is 9.50 Å². The highest BCUT2D eigenvalue weighted by atomic mass is 19.1. The highest BCUT2D eigenvalue weighted by Gasteiger charge is 2.03. The fourth-order valence-corrected chi connectivity index (χ4v) is 0.977. The van der Waals surface area contributed by atoms with Crippen molar-refractivity contribution in [3.63, 3.8) is 0 Å². The molecule has 1 aromatic rings. The molecule has 1 aromatic carbocycles. The molecule has 66 valence electrons. The van der Waals surface area contributed by atoms with Crippen LogP contribution in [0.25, 0.3) is 6.08 Å². The summed E-state index contributed by atoms with van der Waals surface area (Å²) >= 11 is 0. The molecule has 0 aromatic heterocycles. The first-order valence-corrected chi connectivity index (χ1v) is 3.75. The second-order valence-electron chi connectivity index (χ2n) is 2.40. The molecule has 0 saturated carbocycles. The maximum atomic E-state index is 13.0. The monoisotopic (exact) mass is 177 g/mol. The quantitative estimate of drug-likeness (QED) is 0.747. The van der Waals surface area contributed by atoms with Gasteiger partial charge in [0.2, 0.25) is 0 Å². The Morgan fingerprint density at radius 2 is 2.31 bits per heavy atom. The molecule has 0 atom stereocenters. The van der Waals surface area contributed by atoms with Crippen LogP contribution in [0.1, 0.15) is 11.1 Å². The van der Waals surface area contributed by atoms with Gasteiger partial charge in [-0.15, -0.1) is 0 Å². The first kappa shape index (κ1) is 9.43. The number of hydrogen-bond donors (Lipinski definition) is 1. The number of nitriles is 1. The van der Waals surface area contributed by atoms with Gasteiger partial charge in [-0.2, -0.15) is 5.26 Å². The van der Waals surface area contributed by atoms with Gasteiger partial charge >= 0.3 is 0 Å². The van der Waals surface area contributed by atoms with E-state index >= 15 is 0 Å². The Labute approximate surface area is 75.6 Å². The summed E-state index contributed by atoms with van der Waals surface area (Å²) in [6, 6.07) is 6.14. The van der Waals surface area contributed by atoms with Crippen molar-refractivity contribution in [2.75, 3.05) is 6.61 Å². The van der Waals surface area contributed by atoms with Crippen molar-refractivity contribution in [1.29, 1.82) is 5.26 Å². The van der Waals surface area contributed by atoms with Crippen LogP contribution in [0.5, 0.6) is 0 Å². The van der Waals surface area contributed by atoms with Crippen LogP contribution in [-0.4, -0.2) is 11.7 Å². The molecule has 1 N–H and O–H groups in total. The molecule has 1 rings (SSSR count). The van der Waals surface area contributed by atoms with Crippen LogP contribution in [0, 0.1) is 17.1 Å². The van der Waals surface area contributed by atoms with E-state index < -0.39 is 5.82 Å². The summed E-state index contributed by atoms with van der Waals surface area (Å²) in [6.07, 6.45) is 2.97. The lowest BCUT2D eigenvalue weighted by Gasteiger charge is -1.97. The summed E-state index contributed by atoms with van der Waals surface area (Å²) in [6.45, 7) is -0.124. The molecule has 0 amide bonds. The van der Waals surface area contributed by atoms with Crippen LogP contribution in [0.4, 0.5) is 4.39 Å². The number of rotatable bonds is 2. The van der Waals surface area contributed by atoms with Crippen LogP contribution in [0.2, 0.25) is 0 Å². The molecule has 0 radical (unpaired) electrons. The maximum Gasteiger partial charge on any atom is 0.141 e. The standard InChI is InChI=1S/C10H8FNO/c11-10-5-1-3-8(4-2-6-13)9(10)7-12/h1-5,13H,6H2. The molecule has 13 heavy (non-hydrogen) atoms. The summed E-state index contributed by atoms with van der Waals surface area (Å²) in [5.74, 6) is -0.539. The Bertz CT molecular complexity index is 366. The van der Waals surface area contributed by atoms with Crippen molar-refractivity contribution >= 4 is 6.08 Å². The first-order chi connectivity index (χ1) is 6.29. The summed E-state index contributed by atoms with van der Waals surface area (Å²) in [5.41, 5.74) is 0.490. The van der Waals surface area contributed by atoms with Crippen molar-refractivity contribution in [3.8, 4) is 6.07 Å². The van der Waals surface area contributed by atoms with Crippen LogP contribution < -0.4 is 0 Å². The maximum absolute atomic E-state index is 13.0. The average molecular weight is 177 g/mol. The van der Waals surface area contributed by atoms with Crippen LogP contribution in [0.15, 0.2) is 24.3 Å². The lowest BCUT2D eigenvalue weighted by atomic mass is 10.1. The summed E-state index contributed by atoms with van der Waals surface area (Å²) < 4.78 is 13.0. The molecule has 0 aliphatic carbocycles. The normalized spacial score (nSPS) is 10.2. The van der Waals surface area contributed by atoms with Crippen LogP contribution in [-0.2, 0) is 0 Å². The van der Waals surface area contributed by atoms with Gasteiger partial charge in [0.25, 0.3) is 0 Å². The topological polar surface area (TPSA) is 44.0 Å². The van der Waals surface area contributed by atoms with E-state index in [1.807, 2.05) is 0 Å². The van der Waals surface area contributed by atoms with E-state index in [1.165, 1.54) is 24.3 Å². The van der Waals surface area contributed by atoms with Gasteiger partial charge < -0.3 is 5.11 Å². The number of halogens is 1. The lowest BCUT2D eigenvalue weighted by Crippen LogP contribution is -1.87. The van der Waals surface area contributed by atoms with Crippen molar-refractivity contribution in [1.82, 2.24) is 0 Å². The summed E-state index contributed by atoms with van der Waals surface area (Å²) in [4.78, 5) is 0. The van der Waals surface area contributed by atoms with E-state index in [0.29, 0.717) is 5.56 Å². The molecule has 3 heteroatoms. The van der Waals surface area contributed by atoms with Gasteiger partial charge in [-0.3, -0.25) is 0 Å². The lowest BCUT2D eigenvalue weighted by molar-refractivity contribution is 0.343. The highest BCUT2D eigenvalue weighted by Crippen LogP contribution is 2.13. The molecule has 0 bridgehead atoms. The van der Waals surface area contributed by atoms with Gasteiger partial charge in [0.15, 0.2) is 0 Å². The zero-order valence-corrected chi connectivity index (χ0v) is 6.87. The third kappa shape index (κ3) is 2.14. The minimum absolute atomic E-state index is 0.00667. The van der Waals surface area contributed by atoms with Gasteiger partial charge in [0, 0.05) is 0 Å². The minimum Gasteiger partial charge on any atom is -0.392 e. The molecule has 0 fully saturated rings. The van der Waals surface area contributed by atoms with Crippen molar-refractivity contribution in [2.24, 2.45) is 0 Å². The molecule has 0 aliphatic heterocycles. The van der Waals surface area contributed by atoms with E-state index in [9.17, 15) is 4.39 Å². The third-order valence-electron chi connectivity index (χ3n) is 1.56. The molecule has 0 unspecified atom stereocenters. The number of aliphatic hydroxyl groups excluding tert-OH is 1. The van der Waals surface area contributed by atoms with Gasteiger partial charge in [-0.25, -0.2) is 4.39 Å². The van der Waals surface area contributed by atoms with Gasteiger partial charge in [-0.05, 0) is 11.6 Å². The number of benzene rings is 1. The molecule has 0 saturated heterocycles. The van der Waals surface area contributed by atoms with Gasteiger partial charge in [0.05, 0.1) is 12.2 Å². The van der Waals surface area contributed by atoms with E-state index in [0.717, 1.165) is 0 Å². The molecule has 0 aliphatic rings. The second kappa shape index (κ2) is 4.39. The zero-order valence-electron chi connectivity index (χ0n) is 6.87. The Balaban J connectivity index is 3.15. The molecule has 0 spiro atoms. The Hall–Kier alpha value is -1.66. The molecule has 0 heterocycles. The minimum atomic E-state index is -0.539. The SMILES string of the molecule is N#Cc1c(F)cccc1C=CCO. The molecule has 2 nitrogen and oxygen atoms in total. The smallest absolute Gasteiger partial charge is 0.141 e. The Kier molecular flexibility index (Phi) is 3.18. The molecular formula is C10H8FNO. The second-order valence-corrected chi connectivity index (χ2v) is 2.40. The largest absolute Gasteiger partial charge is 0.392 e. The number of hydrogen-bond acceptors (Lipinski definition) is 2. The van der Waals surface area contributed by atoms with Crippen LogP contribution >= 0.6 is 0 Å². The Morgan fingerprint density at radius 3 is 2.92 bits per heavy atom. The molecular weight excluding hydrogens is 169 g/mol.